The lowest BCUT2D eigenvalue weighted by Crippen LogP contribution is -2.50. The molecule has 4 heteroatoms. The Balaban J connectivity index is 2.41. The molecule has 0 aliphatic rings. The maximum Gasteiger partial charge on any atom is 0.323 e. The summed E-state index contributed by atoms with van der Waals surface area (Å²) in [5.41, 5.74) is -0.832. The van der Waals surface area contributed by atoms with E-state index >= 15 is 0 Å². The van der Waals surface area contributed by atoms with Crippen LogP contribution in [-0.4, -0.2) is 23.2 Å². The van der Waals surface area contributed by atoms with Crippen LogP contribution in [-0.2, 0) is 11.2 Å². The van der Waals surface area contributed by atoms with E-state index in [1.54, 1.807) is 13.2 Å². The van der Waals surface area contributed by atoms with Crippen molar-refractivity contribution in [2.75, 3.05) is 6.54 Å². The predicted octanol–water partition coefficient (Wildman–Crippen LogP) is 2.06. The van der Waals surface area contributed by atoms with E-state index in [9.17, 15) is 4.79 Å². The van der Waals surface area contributed by atoms with E-state index in [-0.39, 0.29) is 0 Å². The van der Waals surface area contributed by atoms with Gasteiger partial charge in [-0.2, -0.15) is 0 Å². The summed E-state index contributed by atoms with van der Waals surface area (Å²) in [6.07, 6.45) is 3.80. The molecule has 0 fully saturated rings. The van der Waals surface area contributed by atoms with Gasteiger partial charge in [0.05, 0.1) is 6.26 Å². The van der Waals surface area contributed by atoms with Gasteiger partial charge in [0.15, 0.2) is 0 Å². The quantitative estimate of drug-likeness (QED) is 0.745. The molecule has 0 aliphatic heterocycles. The molecular formula is C12H19NO3. The fraction of sp³-hybridized carbons (Fsp3) is 0.583. The third-order valence-corrected chi connectivity index (χ3v) is 2.69. The lowest BCUT2D eigenvalue weighted by Gasteiger charge is -2.25. The van der Waals surface area contributed by atoms with Gasteiger partial charge < -0.3 is 14.8 Å². The van der Waals surface area contributed by atoms with Crippen molar-refractivity contribution in [1.29, 1.82) is 0 Å². The lowest BCUT2D eigenvalue weighted by atomic mass is 9.96. The van der Waals surface area contributed by atoms with E-state index in [4.69, 9.17) is 9.52 Å². The molecule has 0 spiro atoms. The maximum absolute atomic E-state index is 11.1. The summed E-state index contributed by atoms with van der Waals surface area (Å²) in [4.78, 5) is 11.1. The Morgan fingerprint density at radius 1 is 1.62 bits per heavy atom. The van der Waals surface area contributed by atoms with Crippen LogP contribution >= 0.6 is 0 Å². The second-order valence-electron chi connectivity index (χ2n) is 4.14. The highest BCUT2D eigenvalue weighted by Gasteiger charge is 2.30. The largest absolute Gasteiger partial charge is 0.480 e. The Kier molecular flexibility index (Phi) is 4.55. The van der Waals surface area contributed by atoms with E-state index in [1.165, 1.54) is 0 Å². The number of nitrogens with one attached hydrogen (secondary N) is 1. The molecule has 90 valence electrons. The average molecular weight is 225 g/mol. The third kappa shape index (κ3) is 3.38. The molecule has 0 aliphatic carbocycles. The summed E-state index contributed by atoms with van der Waals surface area (Å²) in [5, 5.41) is 12.2. The smallest absolute Gasteiger partial charge is 0.323 e. The summed E-state index contributed by atoms with van der Waals surface area (Å²) in [5.74, 6) is 0.0746. The molecule has 1 rings (SSSR count). The average Bonchev–Trinajstić information content (AvgIpc) is 2.70. The Morgan fingerprint density at radius 3 is 2.88 bits per heavy atom. The van der Waals surface area contributed by atoms with Crippen molar-refractivity contribution in [3.8, 4) is 0 Å². The van der Waals surface area contributed by atoms with Crippen LogP contribution in [0.25, 0.3) is 0 Å². The minimum absolute atomic E-state index is 0.607. The summed E-state index contributed by atoms with van der Waals surface area (Å²) in [7, 11) is 0. The molecule has 0 saturated heterocycles. The molecule has 1 aromatic heterocycles. The summed E-state index contributed by atoms with van der Waals surface area (Å²) < 4.78 is 5.18. The SMILES string of the molecule is CCCC(C)(NCCc1ccco1)C(=O)O. The molecule has 0 bridgehead atoms. The fourth-order valence-corrected chi connectivity index (χ4v) is 1.69. The Labute approximate surface area is 95.7 Å². The first-order valence-electron chi connectivity index (χ1n) is 5.59. The van der Waals surface area contributed by atoms with Gasteiger partial charge in [-0.25, -0.2) is 0 Å². The van der Waals surface area contributed by atoms with E-state index < -0.39 is 11.5 Å². The van der Waals surface area contributed by atoms with Gasteiger partial charge in [-0.1, -0.05) is 13.3 Å². The fourth-order valence-electron chi connectivity index (χ4n) is 1.69. The van der Waals surface area contributed by atoms with Crippen molar-refractivity contribution in [3.05, 3.63) is 24.2 Å². The maximum atomic E-state index is 11.1. The molecule has 4 nitrogen and oxygen atoms in total. The van der Waals surface area contributed by atoms with Crippen LogP contribution in [0.1, 0.15) is 32.4 Å². The van der Waals surface area contributed by atoms with Crippen molar-refractivity contribution in [2.24, 2.45) is 0 Å². The van der Waals surface area contributed by atoms with Gasteiger partial charge in [0.2, 0.25) is 0 Å². The number of rotatable bonds is 7. The van der Waals surface area contributed by atoms with Crippen LogP contribution in [0.5, 0.6) is 0 Å². The number of carboxylic acids is 1. The topological polar surface area (TPSA) is 62.5 Å². The van der Waals surface area contributed by atoms with Gasteiger partial charge >= 0.3 is 5.97 Å². The van der Waals surface area contributed by atoms with Gasteiger partial charge in [-0.05, 0) is 25.5 Å². The van der Waals surface area contributed by atoms with Crippen LogP contribution in [0.15, 0.2) is 22.8 Å². The van der Waals surface area contributed by atoms with Crippen LogP contribution in [0.2, 0.25) is 0 Å². The van der Waals surface area contributed by atoms with Crippen molar-refractivity contribution < 1.29 is 14.3 Å². The zero-order valence-electron chi connectivity index (χ0n) is 9.82. The van der Waals surface area contributed by atoms with Gasteiger partial charge in [-0.15, -0.1) is 0 Å². The highest BCUT2D eigenvalue weighted by Crippen LogP contribution is 2.12. The molecule has 16 heavy (non-hydrogen) atoms. The van der Waals surface area contributed by atoms with Crippen LogP contribution < -0.4 is 5.32 Å². The van der Waals surface area contributed by atoms with E-state index in [1.807, 2.05) is 19.1 Å². The Hall–Kier alpha value is -1.29. The van der Waals surface area contributed by atoms with Gasteiger partial charge in [-0.3, -0.25) is 4.79 Å². The Morgan fingerprint density at radius 2 is 2.38 bits per heavy atom. The highest BCUT2D eigenvalue weighted by molar-refractivity contribution is 5.78. The first kappa shape index (κ1) is 12.8. The van der Waals surface area contributed by atoms with Crippen LogP contribution in [0.3, 0.4) is 0 Å². The zero-order chi connectivity index (χ0) is 12.0. The minimum atomic E-state index is -0.832. The lowest BCUT2D eigenvalue weighted by molar-refractivity contribution is -0.144. The van der Waals surface area contributed by atoms with Crippen molar-refractivity contribution in [1.82, 2.24) is 5.32 Å². The van der Waals surface area contributed by atoms with Gasteiger partial charge in [0, 0.05) is 13.0 Å². The number of hydrogen-bond acceptors (Lipinski definition) is 3. The molecule has 2 N–H and O–H groups in total. The molecule has 1 unspecified atom stereocenters. The molecule has 0 amide bonds. The number of aliphatic carboxylic acids is 1. The van der Waals surface area contributed by atoms with Crippen LogP contribution in [0.4, 0.5) is 0 Å². The van der Waals surface area contributed by atoms with Crippen molar-refractivity contribution in [3.63, 3.8) is 0 Å². The summed E-state index contributed by atoms with van der Waals surface area (Å²) in [6.45, 7) is 4.31. The number of hydrogen-bond donors (Lipinski definition) is 2. The van der Waals surface area contributed by atoms with E-state index in [0.29, 0.717) is 19.4 Å². The molecule has 0 saturated carbocycles. The Bertz CT molecular complexity index is 321. The number of carbonyl (C=O) groups is 1. The first-order valence-corrected chi connectivity index (χ1v) is 5.59. The second-order valence-corrected chi connectivity index (χ2v) is 4.14. The normalized spacial score (nSPS) is 14.6. The van der Waals surface area contributed by atoms with Crippen molar-refractivity contribution >= 4 is 5.97 Å². The predicted molar refractivity (Wildman–Crippen MR) is 61.4 cm³/mol. The minimum Gasteiger partial charge on any atom is -0.480 e. The van der Waals surface area contributed by atoms with Gasteiger partial charge in [0.25, 0.3) is 0 Å². The standard InChI is InChI=1S/C12H19NO3/c1-3-7-12(2,11(14)15)13-8-6-10-5-4-9-16-10/h4-5,9,13H,3,6-8H2,1-2H3,(H,14,15). The molecule has 1 heterocycles. The molecule has 1 aromatic rings. The van der Waals surface area contributed by atoms with Crippen molar-refractivity contribution in [2.45, 2.75) is 38.6 Å². The molecule has 0 aromatic carbocycles. The van der Waals surface area contributed by atoms with Crippen LogP contribution in [0, 0.1) is 0 Å². The van der Waals surface area contributed by atoms with E-state index in [2.05, 4.69) is 5.32 Å². The summed E-state index contributed by atoms with van der Waals surface area (Å²) >= 11 is 0. The molecule has 0 radical (unpaired) electrons. The third-order valence-electron chi connectivity index (χ3n) is 2.69. The second kappa shape index (κ2) is 5.70. The van der Waals surface area contributed by atoms with E-state index in [0.717, 1.165) is 12.2 Å². The van der Waals surface area contributed by atoms with Gasteiger partial charge in [0.1, 0.15) is 11.3 Å². The summed E-state index contributed by atoms with van der Waals surface area (Å²) in [6, 6.07) is 3.72. The number of carboxylic acid groups (broad SMARTS) is 1. The zero-order valence-corrected chi connectivity index (χ0v) is 9.82. The highest BCUT2D eigenvalue weighted by atomic mass is 16.4. The first-order chi connectivity index (χ1) is 7.58. The number of furan rings is 1. The molecule has 1 atom stereocenters. The molecular weight excluding hydrogens is 206 g/mol. The monoisotopic (exact) mass is 225 g/mol.